The molecule has 0 spiro atoms. The summed E-state index contributed by atoms with van der Waals surface area (Å²) in [5.74, 6) is -0.505. The third-order valence-corrected chi connectivity index (χ3v) is 5.67. The van der Waals surface area contributed by atoms with Crippen LogP contribution in [0.3, 0.4) is 0 Å². The standard InChI is InChI=1S/C23H21ClF4N4.Na.H/c1-11-19(32(5)31-20(11)22(2,3)4)21-29-16-10-12(9-14(24)18(16)30-21)17-13(23(26,27)28)7-6-8-15(17)25;;/h6-10H,1-5H3,(H,29,30);;. The summed E-state index contributed by atoms with van der Waals surface area (Å²) in [4.78, 5) is 7.71. The van der Waals surface area contributed by atoms with Gasteiger partial charge in [-0.25, -0.2) is 9.37 Å². The third kappa shape index (κ3) is 4.58. The number of rotatable bonds is 2. The molecule has 0 bridgehead atoms. The molecular formula is C23H22ClF4N4Na. The summed E-state index contributed by atoms with van der Waals surface area (Å²) in [6, 6.07) is 5.60. The Bertz CT molecular complexity index is 1350. The number of hydrogen-bond donors (Lipinski definition) is 1. The average molecular weight is 489 g/mol. The number of alkyl halides is 3. The van der Waals surface area contributed by atoms with Crippen molar-refractivity contribution >= 4 is 52.2 Å². The number of aryl methyl sites for hydroxylation is 1. The molecular weight excluding hydrogens is 467 g/mol. The van der Waals surface area contributed by atoms with Gasteiger partial charge in [0.15, 0.2) is 5.82 Å². The van der Waals surface area contributed by atoms with Crippen LogP contribution in [0.4, 0.5) is 17.6 Å². The molecule has 4 rings (SSSR count). The first-order valence-corrected chi connectivity index (χ1v) is 10.3. The van der Waals surface area contributed by atoms with Crippen molar-refractivity contribution in [1.29, 1.82) is 0 Å². The van der Waals surface area contributed by atoms with Crippen LogP contribution in [0.15, 0.2) is 30.3 Å². The van der Waals surface area contributed by atoms with E-state index in [0.717, 1.165) is 35.2 Å². The first-order valence-electron chi connectivity index (χ1n) is 9.89. The Balaban J connectivity index is 0.00000306. The Morgan fingerprint density at radius 3 is 2.33 bits per heavy atom. The van der Waals surface area contributed by atoms with E-state index in [0.29, 0.717) is 16.9 Å². The molecule has 0 atom stereocenters. The van der Waals surface area contributed by atoms with Crippen molar-refractivity contribution in [1.82, 2.24) is 19.7 Å². The van der Waals surface area contributed by atoms with E-state index >= 15 is 0 Å². The summed E-state index contributed by atoms with van der Waals surface area (Å²) in [7, 11) is 1.80. The number of fused-ring (bicyclic) bond motifs is 1. The summed E-state index contributed by atoms with van der Waals surface area (Å²) in [5.41, 5.74) is 1.56. The SMILES string of the molecule is Cc1c(C(C)(C)C)nn(C)c1-c1nc2cc(-c3c(F)cccc3C(F)(F)F)cc(Cl)c2[nH]1.[NaH]. The van der Waals surface area contributed by atoms with E-state index in [1.54, 1.807) is 11.7 Å². The molecule has 4 aromatic rings. The van der Waals surface area contributed by atoms with E-state index in [2.05, 4.69) is 35.8 Å². The van der Waals surface area contributed by atoms with E-state index < -0.39 is 23.1 Å². The van der Waals surface area contributed by atoms with Gasteiger partial charge in [-0.05, 0) is 36.8 Å². The fourth-order valence-electron chi connectivity index (χ4n) is 4.05. The molecule has 0 amide bonds. The maximum absolute atomic E-state index is 14.5. The summed E-state index contributed by atoms with van der Waals surface area (Å²) in [6.45, 7) is 8.11. The third-order valence-electron chi connectivity index (χ3n) is 5.37. The molecule has 0 saturated heterocycles. The number of hydrogen-bond acceptors (Lipinski definition) is 2. The number of benzene rings is 2. The number of nitrogens with one attached hydrogen (secondary N) is 1. The van der Waals surface area contributed by atoms with E-state index in [1.807, 2.05) is 6.92 Å². The molecule has 0 aliphatic carbocycles. The quantitative estimate of drug-likeness (QED) is 0.262. The van der Waals surface area contributed by atoms with Crippen molar-refractivity contribution in [3.8, 4) is 22.6 Å². The van der Waals surface area contributed by atoms with Crippen LogP contribution in [0.5, 0.6) is 0 Å². The van der Waals surface area contributed by atoms with E-state index in [4.69, 9.17) is 11.6 Å². The van der Waals surface area contributed by atoms with Crippen LogP contribution in [-0.4, -0.2) is 49.3 Å². The maximum atomic E-state index is 14.5. The molecule has 0 saturated carbocycles. The van der Waals surface area contributed by atoms with Gasteiger partial charge in [-0.1, -0.05) is 38.4 Å². The van der Waals surface area contributed by atoms with Crippen molar-refractivity contribution in [2.24, 2.45) is 7.05 Å². The van der Waals surface area contributed by atoms with Gasteiger partial charge in [0.1, 0.15) is 11.5 Å². The molecule has 33 heavy (non-hydrogen) atoms. The fourth-order valence-corrected chi connectivity index (χ4v) is 4.32. The van der Waals surface area contributed by atoms with Gasteiger partial charge in [0.25, 0.3) is 0 Å². The van der Waals surface area contributed by atoms with Crippen molar-refractivity contribution < 1.29 is 17.6 Å². The molecule has 0 radical (unpaired) electrons. The number of halogens is 5. The van der Waals surface area contributed by atoms with Crippen molar-refractivity contribution in [2.75, 3.05) is 0 Å². The zero-order valence-corrected chi connectivity index (χ0v) is 18.9. The monoisotopic (exact) mass is 488 g/mol. The van der Waals surface area contributed by atoms with Gasteiger partial charge in [0, 0.05) is 23.6 Å². The molecule has 0 aliphatic rings. The topological polar surface area (TPSA) is 46.5 Å². The summed E-state index contributed by atoms with van der Waals surface area (Å²) < 4.78 is 56.7. The molecule has 2 aromatic carbocycles. The predicted molar refractivity (Wildman–Crippen MR) is 124 cm³/mol. The normalized spacial score (nSPS) is 12.3. The first-order chi connectivity index (χ1) is 14.8. The van der Waals surface area contributed by atoms with Crippen LogP contribution in [0.25, 0.3) is 33.7 Å². The minimum atomic E-state index is -4.72. The van der Waals surface area contributed by atoms with Gasteiger partial charge in [0.2, 0.25) is 0 Å². The summed E-state index contributed by atoms with van der Waals surface area (Å²) >= 11 is 6.39. The van der Waals surface area contributed by atoms with Crippen LogP contribution in [0.1, 0.15) is 37.6 Å². The molecule has 2 aromatic heterocycles. The molecule has 0 unspecified atom stereocenters. The van der Waals surface area contributed by atoms with Gasteiger partial charge in [-0.3, -0.25) is 4.68 Å². The molecule has 2 heterocycles. The Labute approximate surface area is 215 Å². The number of imidazole rings is 1. The van der Waals surface area contributed by atoms with Crippen LogP contribution in [0, 0.1) is 12.7 Å². The number of nitrogens with zero attached hydrogens (tertiary/aromatic N) is 3. The number of aromatic amines is 1. The van der Waals surface area contributed by atoms with Gasteiger partial charge in [-0.2, -0.15) is 18.3 Å². The van der Waals surface area contributed by atoms with Crippen LogP contribution < -0.4 is 0 Å². The van der Waals surface area contributed by atoms with Gasteiger partial charge >= 0.3 is 35.7 Å². The predicted octanol–water partition coefficient (Wildman–Crippen LogP) is 6.40. The summed E-state index contributed by atoms with van der Waals surface area (Å²) in [5, 5.41) is 4.76. The van der Waals surface area contributed by atoms with Gasteiger partial charge in [-0.15, -0.1) is 0 Å². The Morgan fingerprint density at radius 1 is 1.09 bits per heavy atom. The van der Waals surface area contributed by atoms with Crippen molar-refractivity contribution in [2.45, 2.75) is 39.3 Å². The Kier molecular flexibility index (Phi) is 6.81. The molecule has 10 heteroatoms. The van der Waals surface area contributed by atoms with Crippen LogP contribution in [-0.2, 0) is 18.6 Å². The number of H-pyrrole nitrogens is 1. The molecule has 0 aliphatic heterocycles. The molecule has 4 nitrogen and oxygen atoms in total. The van der Waals surface area contributed by atoms with E-state index in [-0.39, 0.29) is 45.6 Å². The van der Waals surface area contributed by atoms with Crippen molar-refractivity contribution in [3.05, 3.63) is 58.0 Å². The first kappa shape index (κ1) is 25.7. The second kappa shape index (κ2) is 8.73. The number of aromatic nitrogens is 4. The average Bonchev–Trinajstić information content (AvgIpc) is 3.21. The van der Waals surface area contributed by atoms with E-state index in [1.165, 1.54) is 12.1 Å². The van der Waals surface area contributed by atoms with E-state index in [9.17, 15) is 17.6 Å². The molecule has 170 valence electrons. The van der Waals surface area contributed by atoms with Crippen LogP contribution in [0.2, 0.25) is 5.02 Å². The fraction of sp³-hybridized carbons (Fsp3) is 0.304. The summed E-state index contributed by atoms with van der Waals surface area (Å²) in [6.07, 6.45) is -4.72. The zero-order chi connectivity index (χ0) is 23.6. The second-order valence-corrected chi connectivity index (χ2v) is 9.20. The Morgan fingerprint density at radius 2 is 1.76 bits per heavy atom. The Hall–Kier alpha value is -1.87. The molecule has 0 fully saturated rings. The minimum absolute atomic E-state index is 0. The van der Waals surface area contributed by atoms with Gasteiger partial charge < -0.3 is 4.98 Å². The van der Waals surface area contributed by atoms with Gasteiger partial charge in [0.05, 0.1) is 27.3 Å². The zero-order valence-electron chi connectivity index (χ0n) is 18.1. The van der Waals surface area contributed by atoms with Crippen LogP contribution >= 0.6 is 11.6 Å². The second-order valence-electron chi connectivity index (χ2n) is 8.79. The van der Waals surface area contributed by atoms with Crippen molar-refractivity contribution in [3.63, 3.8) is 0 Å². The molecule has 1 N–H and O–H groups in total.